The summed E-state index contributed by atoms with van der Waals surface area (Å²) in [7, 11) is 1.47. The van der Waals surface area contributed by atoms with E-state index < -0.39 is 46.7 Å². The number of para-hydroxylation sites is 1. The number of hydrogen-bond acceptors (Lipinski definition) is 5. The van der Waals surface area contributed by atoms with Crippen LogP contribution >= 0.6 is 11.8 Å². The molecule has 3 N–H and O–H groups in total. The molecule has 12 heteroatoms. The number of anilines is 2. The van der Waals surface area contributed by atoms with E-state index in [4.69, 9.17) is 4.74 Å². The van der Waals surface area contributed by atoms with Gasteiger partial charge in [0.15, 0.2) is 23.3 Å². The van der Waals surface area contributed by atoms with Crippen molar-refractivity contribution >= 4 is 46.9 Å². The molecule has 4 rings (SSSR count). The highest BCUT2D eigenvalue weighted by atomic mass is 32.2. The lowest BCUT2D eigenvalue weighted by molar-refractivity contribution is -0.114. The van der Waals surface area contributed by atoms with E-state index in [-0.39, 0.29) is 17.5 Å². The molecule has 0 saturated carbocycles. The van der Waals surface area contributed by atoms with Crippen molar-refractivity contribution in [3.8, 4) is 5.75 Å². The van der Waals surface area contributed by atoms with Crippen molar-refractivity contribution in [2.75, 3.05) is 23.5 Å². The van der Waals surface area contributed by atoms with Gasteiger partial charge in [-0.1, -0.05) is 42.5 Å². The van der Waals surface area contributed by atoms with Crippen LogP contribution in [0.25, 0.3) is 6.08 Å². The van der Waals surface area contributed by atoms with E-state index in [0.717, 1.165) is 11.8 Å². The largest absolute Gasteiger partial charge is 0.496 e. The first-order valence-electron chi connectivity index (χ1n) is 12.5. The van der Waals surface area contributed by atoms with Gasteiger partial charge in [0.1, 0.15) is 17.1 Å². The number of amides is 3. The second-order valence-corrected chi connectivity index (χ2v) is 9.83. The van der Waals surface area contributed by atoms with Gasteiger partial charge in [-0.3, -0.25) is 14.4 Å². The Balaban J connectivity index is 1.49. The van der Waals surface area contributed by atoms with E-state index in [1.54, 1.807) is 72.8 Å². The van der Waals surface area contributed by atoms with Crippen molar-refractivity contribution in [3.63, 3.8) is 0 Å². The van der Waals surface area contributed by atoms with Crippen LogP contribution in [0.5, 0.6) is 5.75 Å². The average molecular weight is 610 g/mol. The average Bonchev–Trinajstić information content (AvgIpc) is 3.01. The highest BCUT2D eigenvalue weighted by molar-refractivity contribution is 8.00. The zero-order chi connectivity index (χ0) is 30.9. The number of halogens is 4. The van der Waals surface area contributed by atoms with Gasteiger partial charge in [0.2, 0.25) is 5.91 Å². The number of ether oxygens (including phenoxy) is 1. The van der Waals surface area contributed by atoms with Crippen LogP contribution in [0.2, 0.25) is 0 Å². The predicted molar refractivity (Wildman–Crippen MR) is 156 cm³/mol. The van der Waals surface area contributed by atoms with E-state index in [9.17, 15) is 31.9 Å². The van der Waals surface area contributed by atoms with Crippen LogP contribution in [0.4, 0.5) is 28.9 Å². The van der Waals surface area contributed by atoms with Gasteiger partial charge in [-0.2, -0.15) is 0 Å². The SMILES string of the molecule is COc1ccccc1/C=C(/NC(=O)c1ccccc1)C(=O)Nc1cccc(SCC(=O)Nc2c(F)c(F)cc(F)c2F)c1. The van der Waals surface area contributed by atoms with E-state index in [0.29, 0.717) is 27.5 Å². The summed E-state index contributed by atoms with van der Waals surface area (Å²) < 4.78 is 60.0. The summed E-state index contributed by atoms with van der Waals surface area (Å²) in [6.45, 7) is 0. The van der Waals surface area contributed by atoms with Crippen LogP contribution in [-0.2, 0) is 9.59 Å². The molecule has 43 heavy (non-hydrogen) atoms. The zero-order valence-electron chi connectivity index (χ0n) is 22.4. The number of carbonyl (C=O) groups is 3. The molecule has 0 aliphatic rings. The summed E-state index contributed by atoms with van der Waals surface area (Å²) in [6, 6.07) is 21.6. The summed E-state index contributed by atoms with van der Waals surface area (Å²) in [5, 5.41) is 7.16. The fourth-order valence-electron chi connectivity index (χ4n) is 3.75. The van der Waals surface area contributed by atoms with Crippen LogP contribution in [0.1, 0.15) is 15.9 Å². The van der Waals surface area contributed by atoms with Gasteiger partial charge >= 0.3 is 0 Å². The second-order valence-electron chi connectivity index (χ2n) is 8.78. The smallest absolute Gasteiger partial charge is 0.272 e. The molecular formula is C31H23F4N3O4S. The van der Waals surface area contributed by atoms with Gasteiger partial charge in [-0.05, 0) is 42.5 Å². The van der Waals surface area contributed by atoms with Crippen molar-refractivity contribution in [2.45, 2.75) is 4.90 Å². The lowest BCUT2D eigenvalue weighted by Crippen LogP contribution is -2.30. The first kappa shape index (κ1) is 30.8. The monoisotopic (exact) mass is 609 g/mol. The Morgan fingerprint density at radius 1 is 0.814 bits per heavy atom. The van der Waals surface area contributed by atoms with Gasteiger partial charge in [-0.15, -0.1) is 11.8 Å². The maximum Gasteiger partial charge on any atom is 0.272 e. The first-order valence-corrected chi connectivity index (χ1v) is 13.5. The summed E-state index contributed by atoms with van der Waals surface area (Å²) >= 11 is 0.936. The van der Waals surface area contributed by atoms with Gasteiger partial charge < -0.3 is 20.7 Å². The Morgan fingerprint density at radius 3 is 2.19 bits per heavy atom. The number of benzene rings is 4. The molecule has 0 unspecified atom stereocenters. The Hall–Kier alpha value is -5.10. The Bertz CT molecular complexity index is 1670. The quantitative estimate of drug-likeness (QED) is 0.0838. The summed E-state index contributed by atoms with van der Waals surface area (Å²) in [5.74, 6) is -8.75. The third-order valence-corrected chi connectivity index (χ3v) is 6.80. The van der Waals surface area contributed by atoms with Crippen LogP contribution in [0.15, 0.2) is 95.5 Å². The summed E-state index contributed by atoms with van der Waals surface area (Å²) in [6.07, 6.45) is 1.46. The van der Waals surface area contributed by atoms with Gasteiger partial charge in [0.25, 0.3) is 11.8 Å². The van der Waals surface area contributed by atoms with E-state index in [2.05, 4.69) is 10.6 Å². The van der Waals surface area contributed by atoms with Gasteiger partial charge in [0.05, 0.1) is 12.9 Å². The molecule has 3 amide bonds. The van der Waals surface area contributed by atoms with Crippen molar-refractivity contribution in [1.29, 1.82) is 0 Å². The Kier molecular flexibility index (Phi) is 10.2. The maximum atomic E-state index is 13.9. The van der Waals surface area contributed by atoms with E-state index >= 15 is 0 Å². The molecule has 0 radical (unpaired) electrons. The fourth-order valence-corrected chi connectivity index (χ4v) is 4.51. The van der Waals surface area contributed by atoms with Crippen LogP contribution in [-0.4, -0.2) is 30.6 Å². The molecule has 0 aliphatic heterocycles. The zero-order valence-corrected chi connectivity index (χ0v) is 23.2. The first-order chi connectivity index (χ1) is 20.7. The molecule has 0 atom stereocenters. The minimum absolute atomic E-state index is 0.0406. The Morgan fingerprint density at radius 2 is 1.49 bits per heavy atom. The lowest BCUT2D eigenvalue weighted by Gasteiger charge is -2.13. The molecule has 0 saturated heterocycles. The molecule has 0 aromatic heterocycles. The summed E-state index contributed by atoms with van der Waals surface area (Å²) in [5.41, 5.74) is -0.138. The van der Waals surface area contributed by atoms with E-state index in [1.165, 1.54) is 19.3 Å². The summed E-state index contributed by atoms with van der Waals surface area (Å²) in [4.78, 5) is 39.0. The highest BCUT2D eigenvalue weighted by Gasteiger charge is 2.21. The molecular weight excluding hydrogens is 586 g/mol. The van der Waals surface area contributed by atoms with Crippen LogP contribution < -0.4 is 20.7 Å². The number of methoxy groups -OCH3 is 1. The molecule has 0 fully saturated rings. The molecule has 4 aromatic rings. The van der Waals surface area contributed by atoms with Gasteiger partial charge in [-0.25, -0.2) is 17.6 Å². The molecule has 0 aliphatic carbocycles. The number of hydrogen-bond donors (Lipinski definition) is 3. The molecule has 7 nitrogen and oxygen atoms in total. The topological polar surface area (TPSA) is 96.5 Å². The molecule has 0 spiro atoms. The third kappa shape index (κ3) is 8.01. The number of nitrogens with one attached hydrogen (secondary N) is 3. The second kappa shape index (κ2) is 14.2. The Labute approximate surface area is 248 Å². The van der Waals surface area contributed by atoms with Crippen molar-refractivity contribution in [1.82, 2.24) is 5.32 Å². The minimum atomic E-state index is -1.72. The number of thioether (sulfide) groups is 1. The lowest BCUT2D eigenvalue weighted by atomic mass is 10.1. The number of carbonyl (C=O) groups excluding carboxylic acids is 3. The molecule has 4 aromatic carbocycles. The predicted octanol–water partition coefficient (Wildman–Crippen LogP) is 6.39. The molecule has 0 bridgehead atoms. The van der Waals surface area contributed by atoms with Crippen molar-refractivity contribution in [3.05, 3.63) is 125 Å². The molecule has 0 heterocycles. The maximum absolute atomic E-state index is 13.9. The minimum Gasteiger partial charge on any atom is -0.496 e. The van der Waals surface area contributed by atoms with Crippen molar-refractivity contribution < 1.29 is 36.7 Å². The van der Waals surface area contributed by atoms with Crippen LogP contribution in [0.3, 0.4) is 0 Å². The normalized spacial score (nSPS) is 11.0. The highest BCUT2D eigenvalue weighted by Crippen LogP contribution is 2.26. The van der Waals surface area contributed by atoms with Gasteiger partial charge in [0, 0.05) is 27.8 Å². The standard InChI is InChI=1S/C31H23F4N3O4S/c1-42-25-13-6-5-10-19(25)14-24(37-30(40)18-8-3-2-4-9-18)31(41)36-20-11-7-12-21(15-20)43-17-26(39)38-29-27(34)22(32)16-23(33)28(29)35/h2-16H,17H2,1H3,(H,36,41)(H,37,40)(H,38,39)/b24-14+. The fraction of sp³-hybridized carbons (Fsp3) is 0.0645. The van der Waals surface area contributed by atoms with Crippen LogP contribution in [0, 0.1) is 23.3 Å². The number of rotatable bonds is 10. The third-order valence-electron chi connectivity index (χ3n) is 5.81. The molecule has 220 valence electrons. The van der Waals surface area contributed by atoms with E-state index in [1.807, 2.05) is 5.32 Å². The van der Waals surface area contributed by atoms with Crippen molar-refractivity contribution in [2.24, 2.45) is 0 Å².